The highest BCUT2D eigenvalue weighted by Gasteiger charge is 2.04. The van der Waals surface area contributed by atoms with Gasteiger partial charge in [-0.2, -0.15) is 0 Å². The van der Waals surface area contributed by atoms with Gasteiger partial charge in [0.2, 0.25) is 10.0 Å². The van der Waals surface area contributed by atoms with Crippen molar-refractivity contribution in [2.45, 2.75) is 6.92 Å². The van der Waals surface area contributed by atoms with Gasteiger partial charge in [0.05, 0.1) is 11.9 Å². The third kappa shape index (κ3) is 3.51. The van der Waals surface area contributed by atoms with Gasteiger partial charge in [-0.1, -0.05) is 0 Å². The van der Waals surface area contributed by atoms with Crippen LogP contribution in [0.25, 0.3) is 0 Å². The Morgan fingerprint density at radius 1 is 1.38 bits per heavy atom. The maximum absolute atomic E-state index is 10.9. The molecule has 0 spiro atoms. The van der Waals surface area contributed by atoms with Gasteiger partial charge in [-0.05, 0) is 53.3 Å². The van der Waals surface area contributed by atoms with Crippen molar-refractivity contribution in [3.8, 4) is 0 Å². The monoisotopic (exact) mass is 311 g/mol. The van der Waals surface area contributed by atoms with E-state index in [2.05, 4.69) is 27.3 Å². The smallest absolute Gasteiger partial charge is 0.229 e. The van der Waals surface area contributed by atoms with Crippen molar-refractivity contribution in [3.63, 3.8) is 0 Å². The molecule has 0 aliphatic carbocycles. The van der Waals surface area contributed by atoms with Crippen LogP contribution in [0.4, 0.5) is 5.69 Å². The molecule has 0 aliphatic heterocycles. The number of halogens is 1. The van der Waals surface area contributed by atoms with Crippen LogP contribution >= 0.6 is 22.6 Å². The van der Waals surface area contributed by atoms with Gasteiger partial charge in [-0.25, -0.2) is 8.42 Å². The van der Waals surface area contributed by atoms with Gasteiger partial charge in [0.25, 0.3) is 0 Å². The van der Waals surface area contributed by atoms with E-state index >= 15 is 0 Å². The van der Waals surface area contributed by atoms with Gasteiger partial charge >= 0.3 is 0 Å². The number of aryl methyl sites for hydroxylation is 1. The van der Waals surface area contributed by atoms with Crippen LogP contribution in [0.1, 0.15) is 5.56 Å². The molecule has 13 heavy (non-hydrogen) atoms. The molecular weight excluding hydrogens is 301 g/mol. The zero-order valence-corrected chi connectivity index (χ0v) is 10.3. The van der Waals surface area contributed by atoms with Crippen molar-refractivity contribution >= 4 is 38.3 Å². The average Bonchev–Trinajstić information content (AvgIpc) is 1.93. The standard InChI is InChI=1S/C8H10INO2S/c1-6-5-7(9)3-4-8(6)10-13(2,11)12/h3-5,10H,1-2H3. The van der Waals surface area contributed by atoms with Crippen LogP contribution in [-0.2, 0) is 10.0 Å². The van der Waals surface area contributed by atoms with Gasteiger partial charge in [0.1, 0.15) is 0 Å². The van der Waals surface area contributed by atoms with Crippen LogP contribution in [0.2, 0.25) is 0 Å². The SMILES string of the molecule is Cc1cc(I)ccc1NS(C)(=O)=O. The second-order valence-corrected chi connectivity index (χ2v) is 5.83. The summed E-state index contributed by atoms with van der Waals surface area (Å²) in [5, 5.41) is 0. The molecule has 0 heterocycles. The third-order valence-electron chi connectivity index (χ3n) is 1.48. The summed E-state index contributed by atoms with van der Waals surface area (Å²) in [4.78, 5) is 0. The molecule has 0 saturated carbocycles. The number of anilines is 1. The molecule has 1 aromatic rings. The van der Waals surface area contributed by atoms with E-state index in [0.717, 1.165) is 15.4 Å². The minimum absolute atomic E-state index is 0.642. The van der Waals surface area contributed by atoms with Crippen molar-refractivity contribution < 1.29 is 8.42 Å². The Hall–Kier alpha value is -0.300. The number of hydrogen-bond donors (Lipinski definition) is 1. The number of benzene rings is 1. The molecule has 0 aliphatic rings. The van der Waals surface area contributed by atoms with E-state index in [1.165, 1.54) is 0 Å². The molecule has 0 fully saturated rings. The summed E-state index contributed by atoms with van der Waals surface area (Å²) >= 11 is 2.18. The fraction of sp³-hybridized carbons (Fsp3) is 0.250. The highest BCUT2D eigenvalue weighted by atomic mass is 127. The minimum atomic E-state index is -3.16. The maximum Gasteiger partial charge on any atom is 0.229 e. The number of nitrogens with one attached hydrogen (secondary N) is 1. The molecule has 1 N–H and O–H groups in total. The lowest BCUT2D eigenvalue weighted by molar-refractivity contribution is 0.607. The molecule has 72 valence electrons. The summed E-state index contributed by atoms with van der Waals surface area (Å²) < 4.78 is 25.4. The molecule has 0 saturated heterocycles. The molecule has 0 amide bonds. The summed E-state index contributed by atoms with van der Waals surface area (Å²) in [6.07, 6.45) is 1.14. The molecule has 0 bridgehead atoms. The van der Waals surface area contributed by atoms with Crippen LogP contribution in [0.5, 0.6) is 0 Å². The average molecular weight is 311 g/mol. The van der Waals surface area contributed by atoms with E-state index in [1.807, 2.05) is 19.1 Å². The summed E-state index contributed by atoms with van der Waals surface area (Å²) in [5.41, 5.74) is 1.57. The second kappa shape index (κ2) is 3.83. The van der Waals surface area contributed by atoms with Crippen LogP contribution < -0.4 is 4.72 Å². The zero-order chi connectivity index (χ0) is 10.1. The summed E-state index contributed by atoms with van der Waals surface area (Å²) in [7, 11) is -3.16. The molecule has 3 nitrogen and oxygen atoms in total. The van der Waals surface area contributed by atoms with Gasteiger partial charge in [-0.15, -0.1) is 0 Å². The molecule has 5 heteroatoms. The normalized spacial score (nSPS) is 11.3. The first-order valence-electron chi connectivity index (χ1n) is 3.62. The Labute approximate surface area is 91.7 Å². The van der Waals surface area contributed by atoms with Gasteiger partial charge in [-0.3, -0.25) is 4.72 Å². The van der Waals surface area contributed by atoms with Crippen LogP contribution in [0, 0.1) is 10.5 Å². The van der Waals surface area contributed by atoms with Gasteiger partial charge in [0, 0.05) is 3.57 Å². The van der Waals surface area contributed by atoms with E-state index in [4.69, 9.17) is 0 Å². The molecule has 0 aromatic heterocycles. The lowest BCUT2D eigenvalue weighted by Crippen LogP contribution is -2.10. The van der Waals surface area contributed by atoms with E-state index in [9.17, 15) is 8.42 Å². The topological polar surface area (TPSA) is 46.2 Å². The van der Waals surface area contributed by atoms with Crippen molar-refractivity contribution in [2.75, 3.05) is 11.0 Å². The molecule has 0 atom stereocenters. The lowest BCUT2D eigenvalue weighted by Gasteiger charge is -2.07. The first-order chi connectivity index (χ1) is 5.88. The predicted octanol–water partition coefficient (Wildman–Crippen LogP) is 1.97. The lowest BCUT2D eigenvalue weighted by atomic mass is 10.2. The molecule has 1 aromatic carbocycles. The van der Waals surface area contributed by atoms with Crippen molar-refractivity contribution in [2.24, 2.45) is 0 Å². The van der Waals surface area contributed by atoms with Crippen molar-refractivity contribution in [3.05, 3.63) is 27.3 Å². The highest BCUT2D eigenvalue weighted by molar-refractivity contribution is 14.1. The summed E-state index contributed by atoms with van der Waals surface area (Å²) in [6.45, 7) is 1.87. The molecule has 1 rings (SSSR count). The first kappa shape index (κ1) is 10.8. The maximum atomic E-state index is 10.9. The fourth-order valence-electron chi connectivity index (χ4n) is 0.941. The first-order valence-corrected chi connectivity index (χ1v) is 6.59. The van der Waals surface area contributed by atoms with Gasteiger partial charge in [0.15, 0.2) is 0 Å². The Bertz CT molecular complexity index is 414. The fourth-order valence-corrected chi connectivity index (χ4v) is 2.22. The van der Waals surface area contributed by atoms with Crippen LogP contribution in [0.15, 0.2) is 18.2 Å². The Morgan fingerprint density at radius 3 is 2.46 bits per heavy atom. The zero-order valence-electron chi connectivity index (χ0n) is 7.33. The van der Waals surface area contributed by atoms with E-state index in [-0.39, 0.29) is 0 Å². The number of rotatable bonds is 2. The van der Waals surface area contributed by atoms with E-state index in [0.29, 0.717) is 5.69 Å². The Balaban J connectivity index is 3.04. The van der Waals surface area contributed by atoms with Crippen molar-refractivity contribution in [1.29, 1.82) is 0 Å². The largest absolute Gasteiger partial charge is 0.284 e. The Morgan fingerprint density at radius 2 is 2.00 bits per heavy atom. The number of sulfonamides is 1. The Kier molecular flexibility index (Phi) is 3.18. The molecular formula is C8H10INO2S. The van der Waals surface area contributed by atoms with E-state index in [1.54, 1.807) is 6.07 Å². The quantitative estimate of drug-likeness (QED) is 0.849. The summed E-state index contributed by atoms with van der Waals surface area (Å²) in [6, 6.07) is 5.55. The highest BCUT2D eigenvalue weighted by Crippen LogP contribution is 2.18. The minimum Gasteiger partial charge on any atom is -0.284 e. The predicted molar refractivity (Wildman–Crippen MR) is 62.4 cm³/mol. The molecule has 0 radical (unpaired) electrons. The molecule has 0 unspecified atom stereocenters. The van der Waals surface area contributed by atoms with Gasteiger partial charge < -0.3 is 0 Å². The summed E-state index contributed by atoms with van der Waals surface area (Å²) in [5.74, 6) is 0. The second-order valence-electron chi connectivity index (χ2n) is 2.83. The third-order valence-corrected chi connectivity index (χ3v) is 2.75. The van der Waals surface area contributed by atoms with Crippen LogP contribution in [0.3, 0.4) is 0 Å². The number of hydrogen-bond acceptors (Lipinski definition) is 2. The van der Waals surface area contributed by atoms with E-state index < -0.39 is 10.0 Å². The van der Waals surface area contributed by atoms with Crippen molar-refractivity contribution in [1.82, 2.24) is 0 Å². The van der Waals surface area contributed by atoms with Crippen LogP contribution in [-0.4, -0.2) is 14.7 Å².